The molecule has 196 valence electrons. The molecule has 0 unspecified atom stereocenters. The molecule has 4 aliphatic carbocycles. The number of nitrogens with zero attached hydrogens (tertiary/aromatic N) is 1. The van der Waals surface area contributed by atoms with Crippen LogP contribution in [-0.2, 0) is 14.4 Å². The number of allylic oxidation sites excluding steroid dienone is 2. The van der Waals surface area contributed by atoms with E-state index in [1.54, 1.807) is 11.8 Å². The molecule has 0 heterocycles. The summed E-state index contributed by atoms with van der Waals surface area (Å²) in [5, 5.41) is 27.1. The largest absolute Gasteiger partial charge is 0.480 e. The zero-order chi connectivity index (χ0) is 25.4. The van der Waals surface area contributed by atoms with Crippen molar-refractivity contribution in [1.29, 1.82) is 0 Å². The van der Waals surface area contributed by atoms with E-state index in [1.807, 2.05) is 6.26 Å². The van der Waals surface area contributed by atoms with E-state index >= 15 is 0 Å². The van der Waals surface area contributed by atoms with Crippen molar-refractivity contribution in [2.24, 2.45) is 33.7 Å². The summed E-state index contributed by atoms with van der Waals surface area (Å²) in [4.78, 5) is 28.8. The molecule has 0 spiro atoms. The third-order valence-corrected chi connectivity index (χ3v) is 10.8. The number of amides is 1. The van der Waals surface area contributed by atoms with Gasteiger partial charge in [-0.2, -0.15) is 11.8 Å². The number of carboxylic acids is 1. The first kappa shape index (κ1) is 26.5. The van der Waals surface area contributed by atoms with Gasteiger partial charge in [-0.3, -0.25) is 4.79 Å². The third-order valence-electron chi connectivity index (χ3n) is 10.2. The van der Waals surface area contributed by atoms with Crippen molar-refractivity contribution in [2.45, 2.75) is 90.2 Å². The summed E-state index contributed by atoms with van der Waals surface area (Å²) in [6, 6.07) is -0.903. The van der Waals surface area contributed by atoms with Gasteiger partial charge in [-0.25, -0.2) is 4.79 Å². The summed E-state index contributed by atoms with van der Waals surface area (Å²) in [5.74, 6) is 1.10. The Morgan fingerprint density at radius 3 is 2.63 bits per heavy atom. The van der Waals surface area contributed by atoms with E-state index < -0.39 is 23.5 Å². The highest BCUT2D eigenvalue weighted by atomic mass is 32.2. The molecule has 4 rings (SSSR count). The lowest BCUT2D eigenvalue weighted by Crippen LogP contribution is -2.53. The van der Waals surface area contributed by atoms with Crippen LogP contribution in [0.3, 0.4) is 0 Å². The quantitative estimate of drug-likeness (QED) is 0.421. The summed E-state index contributed by atoms with van der Waals surface area (Å²) >= 11 is 1.55. The van der Waals surface area contributed by atoms with Crippen molar-refractivity contribution >= 4 is 29.4 Å². The molecule has 4 aliphatic rings. The van der Waals surface area contributed by atoms with Gasteiger partial charge in [0.15, 0.2) is 6.61 Å². The molecule has 3 saturated carbocycles. The number of fused-ring (bicyclic) bond motifs is 5. The number of carbonyl (C=O) groups is 2. The van der Waals surface area contributed by atoms with Gasteiger partial charge in [0.1, 0.15) is 6.04 Å². The first-order valence-corrected chi connectivity index (χ1v) is 14.5. The molecule has 3 N–H and O–H groups in total. The average Bonchev–Trinajstić information content (AvgIpc) is 3.05. The molecular formula is C27H42N2O5S. The van der Waals surface area contributed by atoms with Crippen LogP contribution in [0.1, 0.15) is 78.6 Å². The summed E-state index contributed by atoms with van der Waals surface area (Å²) in [5.41, 5.74) is 1.98. The van der Waals surface area contributed by atoms with Crippen LogP contribution in [0.15, 0.2) is 16.8 Å². The number of hydrogen-bond acceptors (Lipinski definition) is 6. The minimum atomic E-state index is -1.03. The van der Waals surface area contributed by atoms with Crippen molar-refractivity contribution in [2.75, 3.05) is 18.6 Å². The Hall–Kier alpha value is -1.54. The van der Waals surface area contributed by atoms with E-state index in [1.165, 1.54) is 18.4 Å². The molecule has 7 atom stereocenters. The summed E-state index contributed by atoms with van der Waals surface area (Å²) < 4.78 is 0. The summed E-state index contributed by atoms with van der Waals surface area (Å²) in [6.45, 7) is 6.53. The smallest absolute Gasteiger partial charge is 0.326 e. The van der Waals surface area contributed by atoms with Gasteiger partial charge >= 0.3 is 5.97 Å². The number of carbonyl (C=O) groups excluding carboxylic acids is 1. The zero-order valence-electron chi connectivity index (χ0n) is 21.6. The number of aliphatic hydroxyl groups is 1. The SMILES string of the molecule is CSCC[C@@H](NC(=O)CO/N=C1/C=C2CC[C@@H]3[C@H](CC[C@@]4(C)[C@H]3CC[C@]4(C)O)[C@@]2(C)CC1)C(=O)O. The van der Waals surface area contributed by atoms with Crippen molar-refractivity contribution < 1.29 is 24.6 Å². The van der Waals surface area contributed by atoms with E-state index in [9.17, 15) is 19.8 Å². The molecule has 0 aliphatic heterocycles. The van der Waals surface area contributed by atoms with Gasteiger partial charge < -0.3 is 20.4 Å². The normalized spacial score (nSPS) is 40.2. The van der Waals surface area contributed by atoms with Crippen LogP contribution in [-0.4, -0.2) is 58.1 Å². The summed E-state index contributed by atoms with van der Waals surface area (Å²) in [7, 11) is 0. The van der Waals surface area contributed by atoms with Crippen molar-refractivity contribution in [3.05, 3.63) is 11.6 Å². The fourth-order valence-corrected chi connectivity index (χ4v) is 8.26. The molecule has 0 aromatic heterocycles. The molecule has 0 saturated heterocycles. The Labute approximate surface area is 213 Å². The Morgan fingerprint density at radius 2 is 1.91 bits per heavy atom. The van der Waals surface area contributed by atoms with Gasteiger partial charge in [-0.05, 0) is 111 Å². The maximum atomic E-state index is 12.2. The lowest BCUT2D eigenvalue weighted by atomic mass is 9.46. The Kier molecular flexibility index (Phi) is 7.64. The summed E-state index contributed by atoms with van der Waals surface area (Å²) in [6.07, 6.45) is 12.9. The molecule has 35 heavy (non-hydrogen) atoms. The second-order valence-electron chi connectivity index (χ2n) is 11.9. The van der Waals surface area contributed by atoms with Crippen LogP contribution in [0.25, 0.3) is 0 Å². The number of nitrogens with one attached hydrogen (secondary N) is 1. The van der Waals surface area contributed by atoms with Crippen LogP contribution >= 0.6 is 11.8 Å². The first-order valence-electron chi connectivity index (χ1n) is 13.2. The van der Waals surface area contributed by atoms with Gasteiger partial charge in [-0.15, -0.1) is 0 Å². The van der Waals surface area contributed by atoms with E-state index in [2.05, 4.69) is 37.3 Å². The fourth-order valence-electron chi connectivity index (χ4n) is 7.79. The Morgan fingerprint density at radius 1 is 1.17 bits per heavy atom. The minimum absolute atomic E-state index is 0.0382. The molecule has 3 fully saturated rings. The minimum Gasteiger partial charge on any atom is -0.480 e. The molecule has 7 nitrogen and oxygen atoms in total. The lowest BCUT2D eigenvalue weighted by molar-refractivity contribution is -0.142. The van der Waals surface area contributed by atoms with E-state index in [0.717, 1.165) is 44.2 Å². The topological polar surface area (TPSA) is 108 Å². The van der Waals surface area contributed by atoms with Crippen molar-refractivity contribution in [3.63, 3.8) is 0 Å². The number of hydrogen-bond donors (Lipinski definition) is 3. The molecule has 1 amide bonds. The standard InChI is InChI=1S/C27H42N2O5S/c1-25-11-7-18(29-34-16-23(30)28-22(24(31)32)10-14-35-4)15-17(25)5-6-19-20(25)8-12-26(2)21(19)9-13-27(26,3)33/h15,19-22,33H,5-14,16H2,1-4H3,(H,28,30)(H,31,32)/b29-18+/t19-,20+,21+,22-,25+,26+,27+/m1/s1. The highest BCUT2D eigenvalue weighted by Crippen LogP contribution is 2.67. The molecular weight excluding hydrogens is 464 g/mol. The van der Waals surface area contributed by atoms with Gasteiger partial charge in [0.25, 0.3) is 5.91 Å². The predicted octanol–water partition coefficient (Wildman–Crippen LogP) is 4.40. The van der Waals surface area contributed by atoms with Gasteiger partial charge in [0.05, 0.1) is 11.3 Å². The molecule has 0 aromatic rings. The maximum Gasteiger partial charge on any atom is 0.326 e. The molecule has 8 heteroatoms. The van der Waals surface area contributed by atoms with Crippen LogP contribution in [0.4, 0.5) is 0 Å². The monoisotopic (exact) mass is 506 g/mol. The number of carboxylic acid groups (broad SMARTS) is 1. The van der Waals surface area contributed by atoms with Gasteiger partial charge in [-0.1, -0.05) is 24.6 Å². The number of rotatable bonds is 8. The van der Waals surface area contributed by atoms with Crippen molar-refractivity contribution in [3.8, 4) is 0 Å². The van der Waals surface area contributed by atoms with E-state index in [4.69, 9.17) is 4.84 Å². The van der Waals surface area contributed by atoms with Gasteiger partial charge in [0, 0.05) is 0 Å². The first-order chi connectivity index (χ1) is 16.5. The molecule has 0 radical (unpaired) electrons. The van der Waals surface area contributed by atoms with Gasteiger partial charge in [0.2, 0.25) is 0 Å². The highest BCUT2D eigenvalue weighted by Gasteiger charge is 2.62. The van der Waals surface area contributed by atoms with Crippen LogP contribution in [0.5, 0.6) is 0 Å². The van der Waals surface area contributed by atoms with Crippen LogP contribution < -0.4 is 5.32 Å². The van der Waals surface area contributed by atoms with Crippen LogP contribution in [0, 0.1) is 28.6 Å². The van der Waals surface area contributed by atoms with Crippen LogP contribution in [0.2, 0.25) is 0 Å². The molecule has 0 bridgehead atoms. The maximum absolute atomic E-state index is 12.2. The fraction of sp³-hybridized carbons (Fsp3) is 0.815. The second-order valence-corrected chi connectivity index (χ2v) is 12.9. The van der Waals surface area contributed by atoms with Crippen molar-refractivity contribution in [1.82, 2.24) is 5.32 Å². The Bertz CT molecular complexity index is 902. The zero-order valence-corrected chi connectivity index (χ0v) is 22.5. The Balaban J connectivity index is 1.37. The highest BCUT2D eigenvalue weighted by molar-refractivity contribution is 7.98. The number of oxime groups is 1. The number of aliphatic carboxylic acids is 1. The molecule has 0 aromatic carbocycles. The van der Waals surface area contributed by atoms with E-state index in [-0.39, 0.29) is 17.4 Å². The second kappa shape index (κ2) is 10.1. The lowest BCUT2D eigenvalue weighted by Gasteiger charge is -2.59. The predicted molar refractivity (Wildman–Crippen MR) is 138 cm³/mol. The van der Waals surface area contributed by atoms with E-state index in [0.29, 0.717) is 29.9 Å². The average molecular weight is 507 g/mol. The number of thioether (sulfide) groups is 1. The third kappa shape index (κ3) is 4.89.